The fourth-order valence-corrected chi connectivity index (χ4v) is 3.86. The molecule has 0 aliphatic rings. The van der Waals surface area contributed by atoms with Crippen LogP contribution < -0.4 is 14.8 Å². The first-order valence-corrected chi connectivity index (χ1v) is 9.52. The largest absolute Gasteiger partial charge is 0.480 e. The van der Waals surface area contributed by atoms with Gasteiger partial charge >= 0.3 is 6.18 Å². The van der Waals surface area contributed by atoms with E-state index in [2.05, 4.69) is 20.3 Å². The van der Waals surface area contributed by atoms with Crippen LogP contribution >= 0.6 is 11.3 Å². The van der Waals surface area contributed by atoms with Crippen molar-refractivity contribution in [2.45, 2.75) is 18.7 Å². The summed E-state index contributed by atoms with van der Waals surface area (Å²) in [6, 6.07) is 7.85. The van der Waals surface area contributed by atoms with E-state index < -0.39 is 28.3 Å². The molecule has 8 nitrogen and oxygen atoms in total. The number of rotatable bonds is 6. The Morgan fingerprint density at radius 1 is 1.10 bits per heavy atom. The summed E-state index contributed by atoms with van der Waals surface area (Å²) in [5.41, 5.74) is -3.28. The molecular weight excluding hydrogens is 437 g/mol. The van der Waals surface area contributed by atoms with Crippen LogP contribution in [0.5, 0.6) is 11.8 Å². The molecular formula is C19H17F3N4O4S. The monoisotopic (exact) mass is 454 g/mol. The van der Waals surface area contributed by atoms with Crippen molar-refractivity contribution in [3.05, 3.63) is 58.4 Å². The van der Waals surface area contributed by atoms with Crippen LogP contribution in [0.1, 0.15) is 33.4 Å². The van der Waals surface area contributed by atoms with Crippen molar-refractivity contribution in [2.24, 2.45) is 0 Å². The molecule has 31 heavy (non-hydrogen) atoms. The molecule has 0 fully saturated rings. The maximum Gasteiger partial charge on any atom is 0.434 e. The van der Waals surface area contributed by atoms with Gasteiger partial charge in [0.2, 0.25) is 11.8 Å². The van der Waals surface area contributed by atoms with Gasteiger partial charge in [-0.25, -0.2) is 15.0 Å². The number of halogens is 3. The van der Waals surface area contributed by atoms with Gasteiger partial charge in [0.25, 0.3) is 5.91 Å². The molecule has 2 N–H and O–H groups in total. The maximum absolute atomic E-state index is 13.7. The highest BCUT2D eigenvalue weighted by Crippen LogP contribution is 2.44. The number of anilines is 1. The van der Waals surface area contributed by atoms with Crippen LogP contribution in [-0.2, 0) is 11.8 Å². The number of nitrogens with zero attached hydrogens (tertiary/aromatic N) is 3. The van der Waals surface area contributed by atoms with Gasteiger partial charge in [0.15, 0.2) is 16.4 Å². The molecule has 3 aromatic rings. The topological polar surface area (TPSA) is 106 Å². The molecule has 0 bridgehead atoms. The van der Waals surface area contributed by atoms with Crippen molar-refractivity contribution in [1.29, 1.82) is 0 Å². The van der Waals surface area contributed by atoms with Gasteiger partial charge in [0.05, 0.1) is 19.1 Å². The van der Waals surface area contributed by atoms with Gasteiger partial charge in [0.1, 0.15) is 11.9 Å². The second kappa shape index (κ2) is 8.47. The number of alkyl halides is 3. The van der Waals surface area contributed by atoms with E-state index in [1.807, 2.05) is 0 Å². The number of aliphatic hydroxyl groups is 1. The summed E-state index contributed by atoms with van der Waals surface area (Å²) in [4.78, 5) is 23.4. The van der Waals surface area contributed by atoms with Crippen LogP contribution in [0.2, 0.25) is 0 Å². The van der Waals surface area contributed by atoms with Gasteiger partial charge in [0, 0.05) is 0 Å². The third-order valence-electron chi connectivity index (χ3n) is 4.29. The van der Waals surface area contributed by atoms with Crippen LogP contribution in [0.3, 0.4) is 0 Å². The van der Waals surface area contributed by atoms with Crippen molar-refractivity contribution < 1.29 is 32.5 Å². The normalized spacial score (nSPS) is 13.4. The summed E-state index contributed by atoms with van der Waals surface area (Å²) < 4.78 is 51.0. The Balaban J connectivity index is 2.04. The number of carbonyl (C=O) groups is 1. The van der Waals surface area contributed by atoms with E-state index in [4.69, 9.17) is 9.47 Å². The SMILES string of the molecule is COc1ncnc(OC)c1C(=O)Nc1nc(C(F)(F)F)c(C(C)(O)c2ccccc2)s1. The second-order valence-corrected chi connectivity index (χ2v) is 7.35. The molecule has 0 aliphatic carbocycles. The number of nitrogens with one attached hydrogen (secondary N) is 1. The fourth-order valence-electron chi connectivity index (χ4n) is 2.81. The predicted octanol–water partition coefficient (Wildman–Crippen LogP) is 3.48. The zero-order valence-corrected chi connectivity index (χ0v) is 17.3. The molecule has 0 saturated carbocycles. The number of benzene rings is 1. The van der Waals surface area contributed by atoms with E-state index in [0.29, 0.717) is 11.3 Å². The molecule has 1 aromatic carbocycles. The number of methoxy groups -OCH3 is 2. The van der Waals surface area contributed by atoms with Crippen LogP contribution in [0.15, 0.2) is 36.7 Å². The Morgan fingerprint density at radius 3 is 2.19 bits per heavy atom. The van der Waals surface area contributed by atoms with Gasteiger partial charge in [-0.1, -0.05) is 41.7 Å². The third-order valence-corrected chi connectivity index (χ3v) is 5.47. The Labute approximate surface area is 178 Å². The molecule has 1 unspecified atom stereocenters. The zero-order valence-electron chi connectivity index (χ0n) is 16.5. The van der Waals surface area contributed by atoms with Gasteiger partial charge in [-0.15, -0.1) is 0 Å². The minimum absolute atomic E-state index is 0.131. The van der Waals surface area contributed by atoms with Gasteiger partial charge in [-0.3, -0.25) is 10.1 Å². The summed E-state index contributed by atoms with van der Waals surface area (Å²) >= 11 is 0.503. The first-order valence-electron chi connectivity index (χ1n) is 8.70. The van der Waals surface area contributed by atoms with Crippen molar-refractivity contribution in [2.75, 3.05) is 19.5 Å². The number of ether oxygens (including phenoxy) is 2. The van der Waals surface area contributed by atoms with Gasteiger partial charge in [-0.2, -0.15) is 13.2 Å². The number of thiazole rings is 1. The van der Waals surface area contributed by atoms with Crippen molar-refractivity contribution in [3.63, 3.8) is 0 Å². The maximum atomic E-state index is 13.7. The first kappa shape index (κ1) is 22.4. The van der Waals surface area contributed by atoms with Crippen molar-refractivity contribution in [1.82, 2.24) is 15.0 Å². The number of aromatic nitrogens is 3. The lowest BCUT2D eigenvalue weighted by atomic mass is 9.93. The van der Waals surface area contributed by atoms with E-state index in [-0.39, 0.29) is 28.0 Å². The molecule has 1 atom stereocenters. The summed E-state index contributed by atoms with van der Waals surface area (Å²) in [5.74, 6) is -1.15. The van der Waals surface area contributed by atoms with E-state index in [1.165, 1.54) is 33.3 Å². The summed E-state index contributed by atoms with van der Waals surface area (Å²) in [6.45, 7) is 1.23. The zero-order chi connectivity index (χ0) is 22.8. The Bertz CT molecular complexity index is 1070. The van der Waals surface area contributed by atoms with Crippen LogP contribution in [0.4, 0.5) is 18.3 Å². The van der Waals surface area contributed by atoms with Crippen LogP contribution in [-0.4, -0.2) is 40.2 Å². The highest BCUT2D eigenvalue weighted by atomic mass is 32.1. The first-order chi connectivity index (χ1) is 14.6. The minimum atomic E-state index is -4.86. The third kappa shape index (κ3) is 4.44. The lowest BCUT2D eigenvalue weighted by Gasteiger charge is -2.24. The average molecular weight is 454 g/mol. The molecule has 1 amide bonds. The van der Waals surface area contributed by atoms with Gasteiger partial charge in [-0.05, 0) is 12.5 Å². The molecule has 164 valence electrons. The van der Waals surface area contributed by atoms with Gasteiger partial charge < -0.3 is 14.6 Å². The van der Waals surface area contributed by atoms with Crippen molar-refractivity contribution >= 4 is 22.4 Å². The minimum Gasteiger partial charge on any atom is -0.480 e. The standard InChI is InChI=1S/C19H17F3N4O4S/c1-18(28,10-7-5-4-6-8-10)13-12(19(20,21)22)25-17(31-13)26-14(27)11-15(29-2)23-9-24-16(11)30-3/h4-9,28H,1-3H3,(H,25,26,27). The molecule has 2 aromatic heterocycles. The Kier molecular flexibility index (Phi) is 6.13. The molecule has 0 radical (unpaired) electrons. The van der Waals surface area contributed by atoms with E-state index >= 15 is 0 Å². The lowest BCUT2D eigenvalue weighted by Crippen LogP contribution is -2.25. The number of hydrogen-bond acceptors (Lipinski definition) is 8. The predicted molar refractivity (Wildman–Crippen MR) is 105 cm³/mol. The van der Waals surface area contributed by atoms with E-state index in [0.717, 1.165) is 6.33 Å². The number of amides is 1. The Morgan fingerprint density at radius 2 is 1.68 bits per heavy atom. The molecule has 0 spiro atoms. The highest BCUT2D eigenvalue weighted by Gasteiger charge is 2.44. The number of carbonyl (C=O) groups excluding carboxylic acids is 1. The number of hydrogen-bond donors (Lipinski definition) is 2. The van der Waals surface area contributed by atoms with Crippen LogP contribution in [0, 0.1) is 0 Å². The molecule has 3 rings (SSSR count). The summed E-state index contributed by atoms with van der Waals surface area (Å²) in [6.07, 6.45) is -3.76. The average Bonchev–Trinajstić information content (AvgIpc) is 3.19. The van der Waals surface area contributed by atoms with E-state index in [9.17, 15) is 23.1 Å². The molecule has 12 heteroatoms. The highest BCUT2D eigenvalue weighted by molar-refractivity contribution is 7.16. The fraction of sp³-hybridized carbons (Fsp3) is 0.263. The van der Waals surface area contributed by atoms with Crippen LogP contribution in [0.25, 0.3) is 0 Å². The molecule has 0 saturated heterocycles. The summed E-state index contributed by atoms with van der Waals surface area (Å²) in [7, 11) is 2.53. The Hall–Kier alpha value is -3.25. The second-order valence-electron chi connectivity index (χ2n) is 6.35. The van der Waals surface area contributed by atoms with Crippen molar-refractivity contribution in [3.8, 4) is 11.8 Å². The summed E-state index contributed by atoms with van der Waals surface area (Å²) in [5, 5.41) is 12.8. The smallest absolute Gasteiger partial charge is 0.434 e. The lowest BCUT2D eigenvalue weighted by molar-refractivity contribution is -0.142. The molecule has 0 aliphatic heterocycles. The quantitative estimate of drug-likeness (QED) is 0.587. The molecule has 2 heterocycles. The van der Waals surface area contributed by atoms with E-state index in [1.54, 1.807) is 18.2 Å².